The van der Waals surface area contributed by atoms with Crippen LogP contribution in [-0.2, 0) is 0 Å². The van der Waals surface area contributed by atoms with E-state index in [1.54, 1.807) is 18.0 Å². The van der Waals surface area contributed by atoms with Crippen LogP contribution in [0, 0.1) is 0 Å². The quantitative estimate of drug-likeness (QED) is 0.521. The van der Waals surface area contributed by atoms with Gasteiger partial charge in [-0.1, -0.05) is 36.4 Å². The number of rotatable bonds is 4. The van der Waals surface area contributed by atoms with Crippen LogP contribution in [0.5, 0.6) is 0 Å². The molecule has 25 heavy (non-hydrogen) atoms. The molecule has 0 atom stereocenters. The molecule has 0 unspecified atom stereocenters. The average molecular weight is 345 g/mol. The maximum absolute atomic E-state index is 4.45. The summed E-state index contributed by atoms with van der Waals surface area (Å²) >= 11 is 1.73. The van der Waals surface area contributed by atoms with Gasteiger partial charge in [0, 0.05) is 11.1 Å². The second kappa shape index (κ2) is 6.86. The molecule has 4 aromatic rings. The van der Waals surface area contributed by atoms with E-state index < -0.39 is 0 Å². The Morgan fingerprint density at radius 1 is 0.920 bits per heavy atom. The Hall–Kier alpha value is -2.99. The highest BCUT2D eigenvalue weighted by Gasteiger charge is 2.10. The molecule has 0 saturated carbocycles. The van der Waals surface area contributed by atoms with E-state index in [0.717, 1.165) is 11.3 Å². The van der Waals surface area contributed by atoms with E-state index in [4.69, 9.17) is 0 Å². The van der Waals surface area contributed by atoms with Gasteiger partial charge in [0.25, 0.3) is 0 Å². The van der Waals surface area contributed by atoms with E-state index in [1.807, 2.05) is 30.3 Å². The predicted octanol–water partition coefficient (Wildman–Crippen LogP) is 4.11. The lowest BCUT2D eigenvalue weighted by Crippen LogP contribution is -1.99. The number of nitrogens with zero attached hydrogens (tertiary/aromatic N) is 5. The van der Waals surface area contributed by atoms with Crippen LogP contribution in [0.4, 0.5) is 0 Å². The Kier molecular flexibility index (Phi) is 4.26. The molecular formula is C19H15N5S. The lowest BCUT2D eigenvalue weighted by Gasteiger charge is -2.08. The topological polar surface area (TPSA) is 56.5 Å². The van der Waals surface area contributed by atoms with Crippen LogP contribution < -0.4 is 0 Å². The van der Waals surface area contributed by atoms with Crippen molar-refractivity contribution in [2.45, 2.75) is 4.90 Å². The average Bonchev–Trinajstić information content (AvgIpc) is 3.19. The van der Waals surface area contributed by atoms with E-state index in [0.29, 0.717) is 11.5 Å². The summed E-state index contributed by atoms with van der Waals surface area (Å²) < 4.78 is 0. The van der Waals surface area contributed by atoms with Crippen LogP contribution in [0.15, 0.2) is 77.8 Å². The zero-order valence-corrected chi connectivity index (χ0v) is 14.4. The van der Waals surface area contributed by atoms with Gasteiger partial charge in [0.2, 0.25) is 5.82 Å². The molecule has 4 rings (SSSR count). The summed E-state index contributed by atoms with van der Waals surface area (Å²) in [7, 11) is 0. The summed E-state index contributed by atoms with van der Waals surface area (Å²) in [5.41, 5.74) is 3.89. The highest BCUT2D eigenvalue weighted by atomic mass is 32.2. The number of aromatic nitrogens is 5. The highest BCUT2D eigenvalue weighted by molar-refractivity contribution is 7.98. The molecule has 0 aliphatic heterocycles. The Labute approximate surface area is 149 Å². The van der Waals surface area contributed by atoms with Crippen LogP contribution in [0.25, 0.3) is 28.3 Å². The van der Waals surface area contributed by atoms with Crippen LogP contribution in [0.1, 0.15) is 0 Å². The molecule has 0 N–H and O–H groups in total. The van der Waals surface area contributed by atoms with Crippen molar-refractivity contribution >= 4 is 11.8 Å². The summed E-state index contributed by atoms with van der Waals surface area (Å²) in [5.74, 6) is 0.510. The normalized spacial score (nSPS) is 10.8. The molecule has 5 nitrogen and oxygen atoms in total. The Morgan fingerprint density at radius 3 is 2.64 bits per heavy atom. The molecule has 0 amide bonds. The molecule has 122 valence electrons. The second-order valence-corrected chi connectivity index (χ2v) is 6.22. The molecule has 0 spiro atoms. The number of hydrogen-bond acceptors (Lipinski definition) is 5. The predicted molar refractivity (Wildman–Crippen MR) is 99.6 cm³/mol. The second-order valence-electron chi connectivity index (χ2n) is 5.37. The fourth-order valence-electron chi connectivity index (χ4n) is 2.60. The van der Waals surface area contributed by atoms with Gasteiger partial charge in [0.05, 0.1) is 5.69 Å². The van der Waals surface area contributed by atoms with Crippen molar-refractivity contribution in [1.29, 1.82) is 0 Å². The van der Waals surface area contributed by atoms with Crippen molar-refractivity contribution < 1.29 is 0 Å². The lowest BCUT2D eigenvalue weighted by atomic mass is 10.1. The van der Waals surface area contributed by atoms with Gasteiger partial charge < -0.3 is 0 Å². The molecule has 0 saturated heterocycles. The number of hydrogen-bond donors (Lipinski definition) is 0. The summed E-state index contributed by atoms with van der Waals surface area (Å²) in [6.45, 7) is 0. The van der Waals surface area contributed by atoms with Gasteiger partial charge in [-0.05, 0) is 52.9 Å². The molecule has 2 aromatic carbocycles. The van der Waals surface area contributed by atoms with Crippen LogP contribution >= 0.6 is 11.8 Å². The highest BCUT2D eigenvalue weighted by Crippen LogP contribution is 2.30. The molecule has 2 aromatic heterocycles. The van der Waals surface area contributed by atoms with Gasteiger partial charge >= 0.3 is 0 Å². The first-order chi connectivity index (χ1) is 12.3. The van der Waals surface area contributed by atoms with E-state index in [9.17, 15) is 0 Å². The molecule has 0 aliphatic rings. The maximum Gasteiger partial charge on any atom is 0.223 e. The molecular weight excluding hydrogens is 330 g/mol. The number of pyridine rings is 1. The number of benzene rings is 2. The van der Waals surface area contributed by atoms with Crippen molar-refractivity contribution in [3.05, 3.63) is 72.9 Å². The van der Waals surface area contributed by atoms with Crippen molar-refractivity contribution in [3.8, 4) is 28.3 Å². The van der Waals surface area contributed by atoms with Crippen LogP contribution in [0.2, 0.25) is 0 Å². The summed E-state index contributed by atoms with van der Waals surface area (Å²) in [5, 5.41) is 12.7. The zero-order chi connectivity index (χ0) is 17.1. The van der Waals surface area contributed by atoms with Crippen molar-refractivity contribution in [3.63, 3.8) is 0 Å². The first-order valence-electron chi connectivity index (χ1n) is 7.80. The van der Waals surface area contributed by atoms with Gasteiger partial charge in [-0.25, -0.2) is 0 Å². The standard InChI is InChI=1S/C19H15N5S/c1-25-18-11-3-2-9-16(18)14-7-6-8-15(13-14)24-22-19(21-23-24)17-10-4-5-12-20-17/h2-13H,1H3. The molecule has 0 aliphatic carbocycles. The van der Waals surface area contributed by atoms with Gasteiger partial charge in [-0.3, -0.25) is 4.98 Å². The molecule has 0 radical (unpaired) electrons. The van der Waals surface area contributed by atoms with E-state index in [1.165, 1.54) is 15.3 Å². The first kappa shape index (κ1) is 15.5. The fourth-order valence-corrected chi connectivity index (χ4v) is 3.22. The maximum atomic E-state index is 4.45. The number of thioether (sulfide) groups is 1. The third-order valence-corrected chi connectivity index (χ3v) is 4.60. The fraction of sp³-hybridized carbons (Fsp3) is 0.0526. The summed E-state index contributed by atoms with van der Waals surface area (Å²) in [6, 6.07) is 22.1. The molecule has 6 heteroatoms. The Morgan fingerprint density at radius 2 is 1.80 bits per heavy atom. The minimum absolute atomic E-state index is 0.510. The molecule has 0 fully saturated rings. The largest absolute Gasteiger partial charge is 0.253 e. The van der Waals surface area contributed by atoms with Crippen LogP contribution in [0.3, 0.4) is 0 Å². The third-order valence-electron chi connectivity index (χ3n) is 3.80. The minimum atomic E-state index is 0.510. The van der Waals surface area contributed by atoms with Gasteiger partial charge in [-0.2, -0.15) is 0 Å². The minimum Gasteiger partial charge on any atom is -0.253 e. The van der Waals surface area contributed by atoms with Crippen molar-refractivity contribution in [2.24, 2.45) is 0 Å². The van der Waals surface area contributed by atoms with Gasteiger partial charge in [0.15, 0.2) is 0 Å². The molecule has 0 bridgehead atoms. The van der Waals surface area contributed by atoms with Gasteiger partial charge in [0.1, 0.15) is 5.69 Å². The SMILES string of the molecule is CSc1ccccc1-c1cccc(-n2nnc(-c3ccccn3)n2)c1. The molecule has 2 heterocycles. The Bertz CT molecular complexity index is 997. The van der Waals surface area contributed by atoms with E-state index in [2.05, 4.69) is 63.0 Å². The van der Waals surface area contributed by atoms with Crippen molar-refractivity contribution in [2.75, 3.05) is 6.26 Å². The van der Waals surface area contributed by atoms with E-state index in [-0.39, 0.29) is 0 Å². The number of tetrazole rings is 1. The lowest BCUT2D eigenvalue weighted by molar-refractivity contribution is 0.720. The smallest absolute Gasteiger partial charge is 0.223 e. The first-order valence-corrected chi connectivity index (χ1v) is 9.03. The van der Waals surface area contributed by atoms with Crippen LogP contribution in [-0.4, -0.2) is 31.4 Å². The van der Waals surface area contributed by atoms with E-state index >= 15 is 0 Å². The third kappa shape index (κ3) is 3.16. The Balaban J connectivity index is 1.72. The summed E-state index contributed by atoms with van der Waals surface area (Å²) in [6.07, 6.45) is 3.80. The van der Waals surface area contributed by atoms with Gasteiger partial charge in [-0.15, -0.1) is 26.8 Å². The zero-order valence-electron chi connectivity index (χ0n) is 13.6. The monoisotopic (exact) mass is 345 g/mol. The summed E-state index contributed by atoms with van der Waals surface area (Å²) in [4.78, 5) is 7.04. The van der Waals surface area contributed by atoms with Crippen molar-refractivity contribution in [1.82, 2.24) is 25.2 Å².